The molecule has 0 saturated carbocycles. The third kappa shape index (κ3) is 3.94. The Morgan fingerprint density at radius 2 is 1.63 bits per heavy atom. The molecular formula is C28H22N7+. The van der Waals surface area contributed by atoms with Gasteiger partial charge in [-0.1, -0.05) is 54.6 Å². The van der Waals surface area contributed by atoms with Crippen LogP contribution in [0.25, 0.3) is 56.2 Å². The van der Waals surface area contributed by atoms with Crippen LogP contribution in [0.15, 0.2) is 97.5 Å². The van der Waals surface area contributed by atoms with E-state index < -0.39 is 0 Å². The number of pyridine rings is 3. The number of nitrogens with one attached hydrogen (secondary N) is 2. The van der Waals surface area contributed by atoms with E-state index in [2.05, 4.69) is 50.5 Å². The van der Waals surface area contributed by atoms with Crippen molar-refractivity contribution in [1.29, 1.82) is 0 Å². The van der Waals surface area contributed by atoms with Gasteiger partial charge in [0.15, 0.2) is 24.0 Å². The molecule has 168 valence electrons. The maximum Gasteiger partial charge on any atom is 0.187 e. The minimum atomic E-state index is 0.506. The fourth-order valence-electron chi connectivity index (χ4n) is 4.17. The Hall–Kier alpha value is -4.75. The molecule has 0 fully saturated rings. The second kappa shape index (κ2) is 8.89. The lowest BCUT2D eigenvalue weighted by atomic mass is 9.96. The van der Waals surface area contributed by atoms with Crippen LogP contribution in [-0.4, -0.2) is 25.1 Å². The summed E-state index contributed by atoms with van der Waals surface area (Å²) in [5, 5.41) is 8.36. The maximum absolute atomic E-state index is 5.81. The van der Waals surface area contributed by atoms with Crippen molar-refractivity contribution in [2.75, 3.05) is 0 Å². The number of rotatable bonds is 5. The van der Waals surface area contributed by atoms with Gasteiger partial charge in [0.1, 0.15) is 5.69 Å². The zero-order valence-electron chi connectivity index (χ0n) is 18.8. The molecule has 6 rings (SSSR count). The monoisotopic (exact) mass is 456 g/mol. The molecule has 0 aliphatic heterocycles. The van der Waals surface area contributed by atoms with Gasteiger partial charge in [-0.3, -0.25) is 10.1 Å². The molecule has 7 heteroatoms. The first-order valence-corrected chi connectivity index (χ1v) is 11.3. The van der Waals surface area contributed by atoms with Crippen LogP contribution in [0.3, 0.4) is 0 Å². The minimum Gasteiger partial charge on any atom is -0.326 e. The third-order valence-electron chi connectivity index (χ3n) is 5.97. The molecular weight excluding hydrogens is 434 g/mol. The van der Waals surface area contributed by atoms with E-state index >= 15 is 0 Å². The topological polar surface area (TPSA) is 108 Å². The van der Waals surface area contributed by atoms with Crippen molar-refractivity contribution in [3.05, 3.63) is 103 Å². The highest BCUT2D eigenvalue weighted by atomic mass is 15.2. The molecule has 2 aromatic carbocycles. The first kappa shape index (κ1) is 20.8. The van der Waals surface area contributed by atoms with Gasteiger partial charge in [0, 0.05) is 35.3 Å². The Bertz CT molecular complexity index is 1610. The second-order valence-electron chi connectivity index (χ2n) is 8.18. The lowest BCUT2D eigenvalue weighted by molar-refractivity contribution is -0.377. The molecule has 4 heterocycles. The predicted octanol–water partition coefficient (Wildman–Crippen LogP) is 4.69. The van der Waals surface area contributed by atoms with E-state index in [0.717, 1.165) is 44.4 Å². The van der Waals surface area contributed by atoms with Gasteiger partial charge in [-0.15, -0.1) is 0 Å². The molecule has 0 saturated heterocycles. The Kier molecular flexibility index (Phi) is 5.29. The molecule has 0 aliphatic rings. The average Bonchev–Trinajstić information content (AvgIpc) is 3.43. The van der Waals surface area contributed by atoms with Crippen LogP contribution in [0, 0.1) is 0 Å². The fourth-order valence-corrected chi connectivity index (χ4v) is 4.17. The van der Waals surface area contributed by atoms with Crippen LogP contribution in [0.4, 0.5) is 0 Å². The Labute approximate surface area is 201 Å². The van der Waals surface area contributed by atoms with Gasteiger partial charge in [0.25, 0.3) is 0 Å². The van der Waals surface area contributed by atoms with E-state index in [1.807, 2.05) is 60.9 Å². The summed E-state index contributed by atoms with van der Waals surface area (Å²) in [6.45, 7) is 0.506. The van der Waals surface area contributed by atoms with E-state index in [4.69, 9.17) is 15.7 Å². The van der Waals surface area contributed by atoms with Crippen LogP contribution >= 0.6 is 0 Å². The molecule has 4 aromatic heterocycles. The molecule has 0 aliphatic carbocycles. The smallest absolute Gasteiger partial charge is 0.187 e. The Morgan fingerprint density at radius 3 is 2.40 bits per heavy atom. The molecule has 0 amide bonds. The normalized spacial score (nSPS) is 11.1. The van der Waals surface area contributed by atoms with Crippen LogP contribution in [0.2, 0.25) is 0 Å². The molecule has 6 aromatic rings. The quantitative estimate of drug-likeness (QED) is 0.391. The van der Waals surface area contributed by atoms with Crippen molar-refractivity contribution >= 4 is 10.9 Å². The molecule has 0 bridgehead atoms. The van der Waals surface area contributed by atoms with Crippen molar-refractivity contribution in [2.45, 2.75) is 6.54 Å². The summed E-state index contributed by atoms with van der Waals surface area (Å²) in [4.78, 5) is 17.5. The highest BCUT2D eigenvalue weighted by Crippen LogP contribution is 2.35. The molecule has 4 N–H and O–H groups in total. The summed E-state index contributed by atoms with van der Waals surface area (Å²) in [5.41, 5.74) is 13.3. The number of hydrogen-bond donors (Lipinski definition) is 2. The van der Waals surface area contributed by atoms with Crippen molar-refractivity contribution in [1.82, 2.24) is 25.1 Å². The number of aromatic nitrogens is 6. The highest BCUT2D eigenvalue weighted by Gasteiger charge is 2.17. The van der Waals surface area contributed by atoms with Gasteiger partial charge in [0.05, 0.1) is 16.8 Å². The standard InChI is InChI=1S/C28H21N7/c29-16-18-8-10-20(11-9-18)25-22(19-5-2-1-3-6-19)15-23-24(32-25)12-14-31-26(23)28-33-27(34-35-28)21-7-4-13-30-17-21/h1-15,17H,16,29H2,(H,33,34,35)/p+1. The molecule has 7 nitrogen and oxygen atoms in total. The SMILES string of the molecule is NCc1ccc(-c2nc3ccnc(-c4nc(-c5ccc[nH+]c5)n[nH]4)c3cc2-c2ccccc2)cc1. The zero-order valence-corrected chi connectivity index (χ0v) is 18.8. The Morgan fingerprint density at radius 1 is 0.800 bits per heavy atom. The third-order valence-corrected chi connectivity index (χ3v) is 5.97. The van der Waals surface area contributed by atoms with Crippen molar-refractivity contribution in [3.63, 3.8) is 0 Å². The van der Waals surface area contributed by atoms with E-state index in [9.17, 15) is 0 Å². The predicted molar refractivity (Wildman–Crippen MR) is 136 cm³/mol. The maximum atomic E-state index is 5.81. The van der Waals surface area contributed by atoms with Crippen LogP contribution in [0.5, 0.6) is 0 Å². The number of nitrogens with two attached hydrogens (primary N) is 1. The number of fused-ring (bicyclic) bond motifs is 1. The van der Waals surface area contributed by atoms with Crippen LogP contribution in [-0.2, 0) is 6.54 Å². The van der Waals surface area contributed by atoms with Gasteiger partial charge < -0.3 is 5.73 Å². The summed E-state index contributed by atoms with van der Waals surface area (Å²) < 4.78 is 0. The second-order valence-corrected chi connectivity index (χ2v) is 8.18. The number of nitrogens with zero attached hydrogens (tertiary/aromatic N) is 4. The Balaban J connectivity index is 1.54. The first-order valence-electron chi connectivity index (χ1n) is 11.3. The number of aromatic amines is 2. The van der Waals surface area contributed by atoms with Crippen LogP contribution < -0.4 is 10.7 Å². The molecule has 35 heavy (non-hydrogen) atoms. The van der Waals surface area contributed by atoms with Gasteiger partial charge in [-0.25, -0.2) is 15.0 Å². The molecule has 0 spiro atoms. The number of benzene rings is 2. The summed E-state index contributed by atoms with van der Waals surface area (Å²) in [6, 6.07) is 26.4. The first-order chi connectivity index (χ1) is 17.3. The van der Waals surface area contributed by atoms with E-state index in [-0.39, 0.29) is 0 Å². The highest BCUT2D eigenvalue weighted by molar-refractivity contribution is 5.97. The number of H-pyrrole nitrogens is 2. The van der Waals surface area contributed by atoms with Crippen LogP contribution in [0.1, 0.15) is 5.56 Å². The summed E-state index contributed by atoms with van der Waals surface area (Å²) in [7, 11) is 0. The van der Waals surface area contributed by atoms with Gasteiger partial charge in [0.2, 0.25) is 0 Å². The average molecular weight is 457 g/mol. The van der Waals surface area contributed by atoms with Gasteiger partial charge in [-0.2, -0.15) is 5.10 Å². The van der Waals surface area contributed by atoms with E-state index in [1.54, 1.807) is 6.20 Å². The summed E-state index contributed by atoms with van der Waals surface area (Å²) in [5.74, 6) is 1.19. The zero-order chi connectivity index (χ0) is 23.6. The van der Waals surface area contributed by atoms with Gasteiger partial charge >= 0.3 is 0 Å². The van der Waals surface area contributed by atoms with Gasteiger partial charge in [-0.05, 0) is 29.3 Å². The molecule has 0 atom stereocenters. The number of hydrogen-bond acceptors (Lipinski definition) is 5. The van der Waals surface area contributed by atoms with E-state index in [0.29, 0.717) is 23.9 Å². The van der Waals surface area contributed by atoms with Crippen molar-refractivity contribution < 1.29 is 4.98 Å². The lowest BCUT2D eigenvalue weighted by Crippen LogP contribution is -1.98. The fraction of sp³-hybridized carbons (Fsp3) is 0.0357. The van der Waals surface area contributed by atoms with Crippen molar-refractivity contribution in [2.24, 2.45) is 5.73 Å². The minimum absolute atomic E-state index is 0.506. The summed E-state index contributed by atoms with van der Waals surface area (Å²) in [6.07, 6.45) is 5.47. The largest absolute Gasteiger partial charge is 0.326 e. The molecule has 0 radical (unpaired) electrons. The molecule has 0 unspecified atom stereocenters. The lowest BCUT2D eigenvalue weighted by Gasteiger charge is -2.13. The van der Waals surface area contributed by atoms with E-state index in [1.165, 1.54) is 0 Å². The summed E-state index contributed by atoms with van der Waals surface area (Å²) >= 11 is 0. The van der Waals surface area contributed by atoms with Crippen molar-refractivity contribution in [3.8, 4) is 45.3 Å².